The van der Waals surface area contributed by atoms with Crippen molar-refractivity contribution in [2.75, 3.05) is 17.2 Å². The Morgan fingerprint density at radius 1 is 1.29 bits per heavy atom. The van der Waals surface area contributed by atoms with Crippen LogP contribution in [-0.2, 0) is 11.3 Å². The van der Waals surface area contributed by atoms with Crippen molar-refractivity contribution in [3.8, 4) is 5.75 Å². The molecule has 108 valence electrons. The molecule has 0 aromatic heterocycles. The molecular weight excluding hydrogens is 288 g/mol. The van der Waals surface area contributed by atoms with Gasteiger partial charge in [0.1, 0.15) is 5.75 Å². The van der Waals surface area contributed by atoms with Crippen molar-refractivity contribution in [2.24, 2.45) is 0 Å². The Balaban J connectivity index is 1.73. The highest BCUT2D eigenvalue weighted by atomic mass is 35.5. The lowest BCUT2D eigenvalue weighted by molar-refractivity contribution is -0.118. The lowest BCUT2D eigenvalue weighted by atomic mass is 10.1. The lowest BCUT2D eigenvalue weighted by Crippen LogP contribution is -2.25. The molecule has 5 heteroatoms. The molecule has 0 atom stereocenters. The molecule has 1 aliphatic heterocycles. The predicted molar refractivity (Wildman–Crippen MR) is 84.1 cm³/mol. The minimum Gasteiger partial charge on any atom is -0.482 e. The number of halogens is 1. The smallest absolute Gasteiger partial charge is 0.262 e. The van der Waals surface area contributed by atoms with Crippen LogP contribution in [0.4, 0.5) is 11.4 Å². The largest absolute Gasteiger partial charge is 0.482 e. The molecule has 0 fully saturated rings. The molecule has 0 radical (unpaired) electrons. The van der Waals surface area contributed by atoms with E-state index in [-0.39, 0.29) is 12.5 Å². The van der Waals surface area contributed by atoms with Crippen LogP contribution in [0.25, 0.3) is 0 Å². The number of anilines is 2. The molecule has 0 bridgehead atoms. The Kier molecular flexibility index (Phi) is 3.71. The van der Waals surface area contributed by atoms with Gasteiger partial charge in [-0.05, 0) is 42.3 Å². The average molecular weight is 303 g/mol. The molecule has 1 heterocycles. The summed E-state index contributed by atoms with van der Waals surface area (Å²) in [5, 5.41) is 6.79. The standard InChI is InChI=1S/C16H15ClN2O2/c1-10-2-4-13(12(17)6-10)18-8-11-3-5-15-14(7-11)19-16(20)9-21-15/h2-7,18H,8-9H2,1H3,(H,19,20). The van der Waals surface area contributed by atoms with Gasteiger partial charge in [-0.2, -0.15) is 0 Å². The zero-order chi connectivity index (χ0) is 14.8. The quantitative estimate of drug-likeness (QED) is 0.911. The summed E-state index contributed by atoms with van der Waals surface area (Å²) in [6.45, 7) is 2.69. The van der Waals surface area contributed by atoms with Gasteiger partial charge in [0.05, 0.1) is 16.4 Å². The van der Waals surface area contributed by atoms with Crippen LogP contribution in [0.3, 0.4) is 0 Å². The minimum absolute atomic E-state index is 0.0730. The Labute approximate surface area is 128 Å². The number of aryl methyl sites for hydroxylation is 1. The molecule has 2 N–H and O–H groups in total. The Hall–Kier alpha value is -2.20. The van der Waals surface area contributed by atoms with Gasteiger partial charge in [-0.1, -0.05) is 23.7 Å². The van der Waals surface area contributed by atoms with E-state index in [9.17, 15) is 4.79 Å². The molecular formula is C16H15ClN2O2. The van der Waals surface area contributed by atoms with Crippen LogP contribution in [0.2, 0.25) is 5.02 Å². The number of nitrogens with one attached hydrogen (secondary N) is 2. The van der Waals surface area contributed by atoms with Crippen molar-refractivity contribution in [2.45, 2.75) is 13.5 Å². The number of benzene rings is 2. The van der Waals surface area contributed by atoms with Gasteiger partial charge in [0.25, 0.3) is 5.91 Å². The third kappa shape index (κ3) is 3.11. The van der Waals surface area contributed by atoms with E-state index in [0.717, 1.165) is 16.8 Å². The third-order valence-electron chi connectivity index (χ3n) is 3.28. The van der Waals surface area contributed by atoms with Crippen LogP contribution < -0.4 is 15.4 Å². The summed E-state index contributed by atoms with van der Waals surface area (Å²) in [4.78, 5) is 11.3. The maximum absolute atomic E-state index is 11.3. The van der Waals surface area contributed by atoms with E-state index < -0.39 is 0 Å². The van der Waals surface area contributed by atoms with Crippen LogP contribution in [0.5, 0.6) is 5.75 Å². The monoisotopic (exact) mass is 302 g/mol. The fraction of sp³-hybridized carbons (Fsp3) is 0.188. The number of carbonyl (C=O) groups excluding carboxylic acids is 1. The highest BCUT2D eigenvalue weighted by Crippen LogP contribution is 2.29. The van der Waals surface area contributed by atoms with Gasteiger partial charge in [-0.3, -0.25) is 4.79 Å². The maximum atomic E-state index is 11.3. The molecule has 4 nitrogen and oxygen atoms in total. The first-order chi connectivity index (χ1) is 10.1. The highest BCUT2D eigenvalue weighted by molar-refractivity contribution is 6.33. The minimum atomic E-state index is -0.130. The number of amides is 1. The molecule has 1 aliphatic rings. The summed E-state index contributed by atoms with van der Waals surface area (Å²) >= 11 is 6.19. The van der Waals surface area contributed by atoms with Crippen LogP contribution in [0, 0.1) is 6.92 Å². The lowest BCUT2D eigenvalue weighted by Gasteiger charge is -2.18. The Morgan fingerprint density at radius 2 is 2.14 bits per heavy atom. The SMILES string of the molecule is Cc1ccc(NCc2ccc3c(c2)NC(=O)CO3)c(Cl)c1. The summed E-state index contributed by atoms with van der Waals surface area (Å²) in [7, 11) is 0. The second-order valence-electron chi connectivity index (χ2n) is 5.00. The topological polar surface area (TPSA) is 50.4 Å². The average Bonchev–Trinajstić information content (AvgIpc) is 2.46. The molecule has 0 saturated heterocycles. The van der Waals surface area contributed by atoms with E-state index in [4.69, 9.17) is 16.3 Å². The first kappa shape index (κ1) is 13.8. The highest BCUT2D eigenvalue weighted by Gasteiger charge is 2.15. The van der Waals surface area contributed by atoms with Gasteiger partial charge < -0.3 is 15.4 Å². The van der Waals surface area contributed by atoms with Gasteiger partial charge in [-0.25, -0.2) is 0 Å². The molecule has 3 rings (SSSR count). The fourth-order valence-corrected chi connectivity index (χ4v) is 2.50. The maximum Gasteiger partial charge on any atom is 0.262 e. The number of hydrogen-bond acceptors (Lipinski definition) is 3. The fourth-order valence-electron chi connectivity index (χ4n) is 2.20. The predicted octanol–water partition coefficient (Wildman–Crippen LogP) is 3.59. The molecule has 2 aromatic carbocycles. The first-order valence-corrected chi connectivity index (χ1v) is 7.05. The van der Waals surface area contributed by atoms with Gasteiger partial charge in [0.2, 0.25) is 0 Å². The Bertz CT molecular complexity index is 701. The molecule has 1 amide bonds. The van der Waals surface area contributed by atoms with Crippen molar-refractivity contribution < 1.29 is 9.53 Å². The van der Waals surface area contributed by atoms with E-state index >= 15 is 0 Å². The summed E-state index contributed by atoms with van der Waals surface area (Å²) in [5.41, 5.74) is 3.76. The summed E-state index contributed by atoms with van der Waals surface area (Å²) in [6.07, 6.45) is 0. The number of carbonyl (C=O) groups is 1. The van der Waals surface area contributed by atoms with Crippen molar-refractivity contribution >= 4 is 28.9 Å². The van der Waals surface area contributed by atoms with E-state index in [1.165, 1.54) is 0 Å². The van der Waals surface area contributed by atoms with E-state index in [0.29, 0.717) is 23.0 Å². The Morgan fingerprint density at radius 3 is 2.95 bits per heavy atom. The van der Waals surface area contributed by atoms with E-state index in [1.807, 2.05) is 43.3 Å². The van der Waals surface area contributed by atoms with Crippen molar-refractivity contribution in [1.29, 1.82) is 0 Å². The number of ether oxygens (including phenoxy) is 1. The van der Waals surface area contributed by atoms with Crippen LogP contribution in [0.1, 0.15) is 11.1 Å². The van der Waals surface area contributed by atoms with Gasteiger partial charge in [0, 0.05) is 6.54 Å². The second-order valence-corrected chi connectivity index (χ2v) is 5.41. The zero-order valence-electron chi connectivity index (χ0n) is 11.6. The molecule has 0 spiro atoms. The normalized spacial score (nSPS) is 13.1. The first-order valence-electron chi connectivity index (χ1n) is 6.67. The van der Waals surface area contributed by atoms with Crippen molar-refractivity contribution in [1.82, 2.24) is 0 Å². The van der Waals surface area contributed by atoms with Crippen molar-refractivity contribution in [3.05, 3.63) is 52.5 Å². The molecule has 0 aliphatic carbocycles. The third-order valence-corrected chi connectivity index (χ3v) is 3.60. The molecule has 0 saturated carbocycles. The summed E-state index contributed by atoms with van der Waals surface area (Å²) in [5.74, 6) is 0.570. The van der Waals surface area contributed by atoms with Crippen LogP contribution in [-0.4, -0.2) is 12.5 Å². The van der Waals surface area contributed by atoms with Gasteiger partial charge in [0.15, 0.2) is 6.61 Å². The van der Waals surface area contributed by atoms with E-state index in [2.05, 4.69) is 10.6 Å². The number of fused-ring (bicyclic) bond motifs is 1. The molecule has 2 aromatic rings. The second kappa shape index (κ2) is 5.66. The molecule has 0 unspecified atom stereocenters. The van der Waals surface area contributed by atoms with Crippen molar-refractivity contribution in [3.63, 3.8) is 0 Å². The molecule has 21 heavy (non-hydrogen) atoms. The van der Waals surface area contributed by atoms with E-state index in [1.54, 1.807) is 0 Å². The van der Waals surface area contributed by atoms with Gasteiger partial charge >= 0.3 is 0 Å². The number of hydrogen-bond donors (Lipinski definition) is 2. The number of rotatable bonds is 3. The van der Waals surface area contributed by atoms with Crippen LogP contribution in [0.15, 0.2) is 36.4 Å². The van der Waals surface area contributed by atoms with Crippen LogP contribution >= 0.6 is 11.6 Å². The summed E-state index contributed by atoms with van der Waals surface area (Å²) in [6, 6.07) is 11.6. The van der Waals surface area contributed by atoms with Gasteiger partial charge in [-0.15, -0.1) is 0 Å². The summed E-state index contributed by atoms with van der Waals surface area (Å²) < 4.78 is 5.33. The zero-order valence-corrected chi connectivity index (χ0v) is 12.3.